The monoisotopic (exact) mass is 226 g/mol. The fourth-order valence-electron chi connectivity index (χ4n) is 0.669. The van der Waals surface area contributed by atoms with E-state index in [0.717, 1.165) is 0 Å². The number of halogens is 3. The van der Waals surface area contributed by atoms with Crippen molar-refractivity contribution in [1.82, 2.24) is 0 Å². The molecule has 0 aliphatic carbocycles. The molecule has 0 unspecified atom stereocenters. The van der Waals surface area contributed by atoms with E-state index in [1.807, 2.05) is 0 Å². The molecule has 0 fully saturated rings. The first-order valence-electron chi connectivity index (χ1n) is 2.80. The summed E-state index contributed by atoms with van der Waals surface area (Å²) in [5, 5.41) is 8.89. The quantitative estimate of drug-likeness (QED) is 0.800. The number of carboxylic acids is 1. The molecule has 0 bridgehead atoms. The zero-order valence-electron chi connectivity index (χ0n) is 5.75. The minimum Gasteiger partial charge on any atom is -0.478 e. The Morgan fingerprint density at radius 1 is 1.33 bits per heavy atom. The van der Waals surface area contributed by atoms with Gasteiger partial charge in [0.1, 0.15) is 0 Å². The highest BCUT2D eigenvalue weighted by molar-refractivity contribution is 6.43. The Balaban J connectivity index is 0.00000121. The van der Waals surface area contributed by atoms with E-state index in [2.05, 4.69) is 0 Å². The lowest BCUT2D eigenvalue weighted by molar-refractivity contribution is 0.0697. The molecular formula is C7H5Cl3O2. The van der Waals surface area contributed by atoms with Crippen LogP contribution >= 0.6 is 35.6 Å². The van der Waals surface area contributed by atoms with Gasteiger partial charge in [0.15, 0.2) is 0 Å². The van der Waals surface area contributed by atoms with Gasteiger partial charge in [0, 0.05) is 0 Å². The van der Waals surface area contributed by atoms with Crippen LogP contribution in [0.3, 0.4) is 0 Å². The molecule has 12 heavy (non-hydrogen) atoms. The van der Waals surface area contributed by atoms with Gasteiger partial charge in [-0.1, -0.05) is 29.3 Å². The maximum atomic E-state index is 10.4. The molecule has 1 N–H and O–H groups in total. The highest BCUT2D eigenvalue weighted by atomic mass is 35.5. The van der Waals surface area contributed by atoms with Gasteiger partial charge < -0.3 is 5.11 Å². The van der Waals surface area contributed by atoms with Gasteiger partial charge in [-0.3, -0.25) is 0 Å². The first-order valence-corrected chi connectivity index (χ1v) is 3.56. The lowest BCUT2D eigenvalue weighted by Gasteiger charge is -1.98. The maximum Gasteiger partial charge on any atom is 0.337 e. The van der Waals surface area contributed by atoms with Crippen molar-refractivity contribution in [3.8, 4) is 0 Å². The third-order valence-electron chi connectivity index (χ3n) is 1.18. The molecular weight excluding hydrogens is 222 g/mol. The topological polar surface area (TPSA) is 37.3 Å². The van der Waals surface area contributed by atoms with E-state index in [-0.39, 0.29) is 28.0 Å². The number of carbonyl (C=O) groups is 1. The second-order valence-corrected chi connectivity index (χ2v) is 2.69. The van der Waals surface area contributed by atoms with Crippen LogP contribution in [0.1, 0.15) is 10.4 Å². The molecule has 1 rings (SSSR count). The molecule has 0 amide bonds. The van der Waals surface area contributed by atoms with E-state index in [0.29, 0.717) is 0 Å². The molecule has 0 atom stereocenters. The molecule has 0 saturated carbocycles. The number of aromatic carboxylic acids is 1. The first kappa shape index (κ1) is 11.6. The Kier molecular flexibility index (Phi) is 4.39. The van der Waals surface area contributed by atoms with Crippen molar-refractivity contribution in [2.24, 2.45) is 0 Å². The molecule has 0 radical (unpaired) electrons. The molecule has 66 valence electrons. The molecule has 0 aromatic heterocycles. The van der Waals surface area contributed by atoms with Gasteiger partial charge in [-0.15, -0.1) is 12.4 Å². The van der Waals surface area contributed by atoms with Crippen molar-refractivity contribution < 1.29 is 9.90 Å². The van der Waals surface area contributed by atoms with E-state index in [1.54, 1.807) is 0 Å². The van der Waals surface area contributed by atoms with E-state index >= 15 is 0 Å². The third-order valence-corrected chi connectivity index (χ3v) is 2.00. The van der Waals surface area contributed by atoms with Crippen LogP contribution in [0.25, 0.3) is 0 Å². The zero-order valence-corrected chi connectivity index (χ0v) is 8.08. The average molecular weight is 227 g/mol. The van der Waals surface area contributed by atoms with E-state index in [4.69, 9.17) is 28.3 Å². The van der Waals surface area contributed by atoms with Crippen molar-refractivity contribution in [3.05, 3.63) is 33.8 Å². The first-order chi connectivity index (χ1) is 5.13. The summed E-state index contributed by atoms with van der Waals surface area (Å²) in [6.45, 7) is 0. The molecule has 5 heteroatoms. The molecule has 0 spiro atoms. The summed E-state index contributed by atoms with van der Waals surface area (Å²) < 4.78 is 0. The Morgan fingerprint density at radius 2 is 1.92 bits per heavy atom. The van der Waals surface area contributed by atoms with Crippen molar-refractivity contribution >= 4 is 41.6 Å². The predicted octanol–water partition coefficient (Wildman–Crippen LogP) is 3.11. The largest absolute Gasteiger partial charge is 0.478 e. The summed E-state index contributed by atoms with van der Waals surface area (Å²) in [6.07, 6.45) is 0. The van der Waals surface area contributed by atoms with Gasteiger partial charge in [0.25, 0.3) is 0 Å². The van der Waals surface area contributed by atoms with Gasteiger partial charge in [-0.2, -0.15) is 0 Å². The number of rotatable bonds is 1. The second-order valence-electron chi connectivity index (χ2n) is 1.91. The summed E-state index contributed by atoms with van der Waals surface area (Å²) in [4.78, 5) is 10.4. The predicted molar refractivity (Wildman–Crippen MR) is 50.7 cm³/mol. The Labute approximate surface area is 85.5 Å². The smallest absolute Gasteiger partial charge is 0.337 e. The fraction of sp³-hybridized carbons (Fsp3) is 0. The summed E-state index contributed by atoms with van der Waals surface area (Å²) in [7, 11) is 0. The van der Waals surface area contributed by atoms with E-state index in [9.17, 15) is 4.79 Å². The van der Waals surface area contributed by atoms with Crippen molar-refractivity contribution in [1.29, 1.82) is 0 Å². The van der Waals surface area contributed by atoms with Crippen LogP contribution in [0.15, 0.2) is 18.2 Å². The maximum absolute atomic E-state index is 10.4. The molecule has 1 aromatic rings. The van der Waals surface area contributed by atoms with Gasteiger partial charge in [0.2, 0.25) is 0 Å². The summed E-state index contributed by atoms with van der Waals surface area (Å²) in [5.74, 6) is -1.07. The SMILES string of the molecule is Cl.O=C(O)c1cccc(Cl)c1Cl. The zero-order chi connectivity index (χ0) is 8.43. The highest BCUT2D eigenvalue weighted by Gasteiger charge is 2.09. The number of carboxylic acid groups (broad SMARTS) is 1. The van der Waals surface area contributed by atoms with Crippen LogP contribution in [0.2, 0.25) is 10.0 Å². The van der Waals surface area contributed by atoms with Crippen LogP contribution in [0.5, 0.6) is 0 Å². The fourth-order valence-corrected chi connectivity index (χ4v) is 1.05. The minimum atomic E-state index is -1.07. The molecule has 2 nitrogen and oxygen atoms in total. The molecule has 0 heterocycles. The van der Waals surface area contributed by atoms with Gasteiger partial charge in [0.05, 0.1) is 15.6 Å². The van der Waals surface area contributed by atoms with Crippen molar-refractivity contribution in [3.63, 3.8) is 0 Å². The average Bonchev–Trinajstić information content (AvgIpc) is 1.94. The van der Waals surface area contributed by atoms with Crippen molar-refractivity contribution in [2.75, 3.05) is 0 Å². The summed E-state index contributed by atoms with van der Waals surface area (Å²) in [6, 6.07) is 4.48. The lowest BCUT2D eigenvalue weighted by Crippen LogP contribution is -1.96. The van der Waals surface area contributed by atoms with Crippen molar-refractivity contribution in [2.45, 2.75) is 0 Å². The third kappa shape index (κ3) is 2.27. The van der Waals surface area contributed by atoms with Crippen LogP contribution < -0.4 is 0 Å². The highest BCUT2D eigenvalue weighted by Crippen LogP contribution is 2.25. The van der Waals surface area contributed by atoms with E-state index in [1.165, 1.54) is 18.2 Å². The lowest BCUT2D eigenvalue weighted by atomic mass is 10.2. The number of hydrogen-bond donors (Lipinski definition) is 1. The van der Waals surface area contributed by atoms with Gasteiger partial charge >= 0.3 is 5.97 Å². The minimum absolute atomic E-state index is 0. The Bertz CT molecular complexity index is 299. The van der Waals surface area contributed by atoms with E-state index < -0.39 is 5.97 Å². The van der Waals surface area contributed by atoms with Crippen LogP contribution in [-0.2, 0) is 0 Å². The van der Waals surface area contributed by atoms with Gasteiger partial charge in [-0.25, -0.2) is 4.79 Å². The number of benzene rings is 1. The van der Waals surface area contributed by atoms with Crippen LogP contribution in [0.4, 0.5) is 0 Å². The second kappa shape index (κ2) is 4.55. The molecule has 0 aliphatic rings. The summed E-state index contributed by atoms with van der Waals surface area (Å²) >= 11 is 11.1. The molecule has 1 aromatic carbocycles. The van der Waals surface area contributed by atoms with Crippen LogP contribution in [0, 0.1) is 0 Å². The Hall–Kier alpha value is -0.440. The standard InChI is InChI=1S/C7H4Cl2O2.ClH/c8-5-3-1-2-4(6(5)9)7(10)11;/h1-3H,(H,10,11);1H. The normalized spacial score (nSPS) is 8.83. The summed E-state index contributed by atoms with van der Waals surface area (Å²) in [5.41, 5.74) is 0.0270. The Morgan fingerprint density at radius 3 is 2.33 bits per heavy atom. The number of hydrogen-bond acceptors (Lipinski definition) is 1. The van der Waals surface area contributed by atoms with Gasteiger partial charge in [-0.05, 0) is 12.1 Å². The van der Waals surface area contributed by atoms with Crippen LogP contribution in [-0.4, -0.2) is 11.1 Å². The molecule has 0 aliphatic heterocycles. The molecule has 0 saturated heterocycles.